The SMILES string of the molecule is CC(C)[C@@H]1CC[C@@H](C)C[C@H]1O[C@@H]1OC(=O)[C@H]2c3ccccc3N3CCC[C@H]3[C@@H]12. The number of para-hydroxylation sites is 1. The van der Waals surface area contributed by atoms with Gasteiger partial charge in [0.15, 0.2) is 0 Å². The van der Waals surface area contributed by atoms with Crippen LogP contribution in [0.2, 0.25) is 0 Å². The first-order chi connectivity index (χ1) is 13.5. The maximum absolute atomic E-state index is 13.0. The number of ether oxygens (including phenoxy) is 2. The molecule has 1 aliphatic carbocycles. The average molecular weight is 384 g/mol. The Kier molecular flexibility index (Phi) is 4.65. The molecule has 1 aromatic rings. The van der Waals surface area contributed by atoms with Crippen molar-refractivity contribution in [1.29, 1.82) is 0 Å². The lowest BCUT2D eigenvalue weighted by Gasteiger charge is -2.43. The van der Waals surface area contributed by atoms with Gasteiger partial charge in [0.2, 0.25) is 6.29 Å². The van der Waals surface area contributed by atoms with Crippen molar-refractivity contribution < 1.29 is 14.3 Å². The van der Waals surface area contributed by atoms with Crippen molar-refractivity contribution in [3.8, 4) is 0 Å². The van der Waals surface area contributed by atoms with E-state index in [4.69, 9.17) is 9.47 Å². The van der Waals surface area contributed by atoms with Crippen molar-refractivity contribution in [2.24, 2.45) is 23.7 Å². The van der Waals surface area contributed by atoms with Gasteiger partial charge in [-0.15, -0.1) is 0 Å². The number of anilines is 1. The number of esters is 1. The van der Waals surface area contributed by atoms with Gasteiger partial charge in [-0.1, -0.05) is 45.4 Å². The summed E-state index contributed by atoms with van der Waals surface area (Å²) >= 11 is 0. The zero-order valence-electron chi connectivity index (χ0n) is 17.3. The molecule has 28 heavy (non-hydrogen) atoms. The van der Waals surface area contributed by atoms with Crippen LogP contribution in [0.1, 0.15) is 64.4 Å². The van der Waals surface area contributed by atoms with Crippen molar-refractivity contribution in [2.75, 3.05) is 11.4 Å². The molecule has 3 heterocycles. The van der Waals surface area contributed by atoms with Gasteiger partial charge in [-0.3, -0.25) is 4.79 Å². The first kappa shape index (κ1) is 18.5. The summed E-state index contributed by atoms with van der Waals surface area (Å²) in [6, 6.07) is 8.77. The molecule has 2 saturated heterocycles. The second-order valence-corrected chi connectivity index (χ2v) is 9.82. The van der Waals surface area contributed by atoms with Crippen molar-refractivity contribution >= 4 is 11.7 Å². The number of cyclic esters (lactones) is 1. The number of rotatable bonds is 3. The summed E-state index contributed by atoms with van der Waals surface area (Å²) in [7, 11) is 0. The van der Waals surface area contributed by atoms with Crippen LogP contribution in [0.4, 0.5) is 5.69 Å². The predicted octanol–water partition coefficient (Wildman–Crippen LogP) is 4.73. The zero-order valence-corrected chi connectivity index (χ0v) is 17.3. The lowest BCUT2D eigenvalue weighted by Crippen LogP contribution is -2.48. The average Bonchev–Trinajstić information content (AvgIpc) is 3.27. The lowest BCUT2D eigenvalue weighted by molar-refractivity contribution is -0.197. The minimum Gasteiger partial charge on any atom is -0.435 e. The smallest absolute Gasteiger partial charge is 0.316 e. The van der Waals surface area contributed by atoms with Crippen LogP contribution in [0.5, 0.6) is 0 Å². The van der Waals surface area contributed by atoms with Crippen LogP contribution in [0.25, 0.3) is 0 Å². The molecule has 4 nitrogen and oxygen atoms in total. The van der Waals surface area contributed by atoms with E-state index in [9.17, 15) is 4.79 Å². The van der Waals surface area contributed by atoms with E-state index in [0.29, 0.717) is 23.8 Å². The van der Waals surface area contributed by atoms with Crippen LogP contribution in [-0.2, 0) is 14.3 Å². The van der Waals surface area contributed by atoms with E-state index in [0.717, 1.165) is 24.9 Å². The summed E-state index contributed by atoms with van der Waals surface area (Å²) in [5.41, 5.74) is 2.37. The molecule has 1 aromatic carbocycles. The second kappa shape index (κ2) is 7.05. The molecule has 0 radical (unpaired) electrons. The van der Waals surface area contributed by atoms with Crippen LogP contribution in [0.15, 0.2) is 24.3 Å². The first-order valence-corrected chi connectivity index (χ1v) is 11.3. The molecule has 0 aromatic heterocycles. The monoisotopic (exact) mass is 383 g/mol. The summed E-state index contributed by atoms with van der Waals surface area (Å²) in [4.78, 5) is 15.5. The highest BCUT2D eigenvalue weighted by atomic mass is 16.7. The highest BCUT2D eigenvalue weighted by Crippen LogP contribution is 2.52. The molecule has 0 amide bonds. The molecular formula is C24H33NO3. The number of fused-ring (bicyclic) bond motifs is 6. The topological polar surface area (TPSA) is 38.8 Å². The van der Waals surface area contributed by atoms with Crippen molar-refractivity contribution in [2.45, 2.75) is 77.2 Å². The highest BCUT2D eigenvalue weighted by Gasteiger charge is 2.56. The van der Waals surface area contributed by atoms with Crippen LogP contribution < -0.4 is 4.90 Å². The van der Waals surface area contributed by atoms with Crippen LogP contribution >= 0.6 is 0 Å². The molecule has 3 fully saturated rings. The number of hydrogen-bond donors (Lipinski definition) is 0. The van der Waals surface area contributed by atoms with Gasteiger partial charge >= 0.3 is 5.97 Å². The second-order valence-electron chi connectivity index (χ2n) is 9.82. The van der Waals surface area contributed by atoms with Gasteiger partial charge in [-0.05, 0) is 55.1 Å². The number of benzene rings is 1. The van der Waals surface area contributed by atoms with E-state index < -0.39 is 6.29 Å². The van der Waals surface area contributed by atoms with Crippen LogP contribution in [-0.4, -0.2) is 30.9 Å². The zero-order chi connectivity index (χ0) is 19.4. The Balaban J connectivity index is 1.45. The van der Waals surface area contributed by atoms with Crippen molar-refractivity contribution in [1.82, 2.24) is 0 Å². The Morgan fingerprint density at radius 2 is 2.00 bits per heavy atom. The fourth-order valence-corrected chi connectivity index (χ4v) is 6.38. The fourth-order valence-electron chi connectivity index (χ4n) is 6.38. The van der Waals surface area contributed by atoms with Crippen molar-refractivity contribution in [3.63, 3.8) is 0 Å². The van der Waals surface area contributed by atoms with Gasteiger partial charge in [0.05, 0.1) is 17.9 Å². The third-order valence-corrected chi connectivity index (χ3v) is 7.78. The largest absolute Gasteiger partial charge is 0.435 e. The van der Waals surface area contributed by atoms with Crippen molar-refractivity contribution in [3.05, 3.63) is 29.8 Å². The Morgan fingerprint density at radius 3 is 2.82 bits per heavy atom. The molecule has 0 bridgehead atoms. The molecule has 1 saturated carbocycles. The quantitative estimate of drug-likeness (QED) is 0.708. The Morgan fingerprint density at radius 1 is 1.18 bits per heavy atom. The van der Waals surface area contributed by atoms with E-state index in [1.807, 2.05) is 6.07 Å². The number of hydrogen-bond acceptors (Lipinski definition) is 4. The Labute approximate surface area is 168 Å². The van der Waals surface area contributed by atoms with Gasteiger partial charge in [0, 0.05) is 18.3 Å². The van der Waals surface area contributed by atoms with Gasteiger partial charge in [0.1, 0.15) is 0 Å². The maximum atomic E-state index is 13.0. The summed E-state index contributed by atoms with van der Waals surface area (Å²) in [6.07, 6.45) is 5.69. The Bertz CT molecular complexity index is 747. The molecule has 4 aliphatic rings. The highest BCUT2D eigenvalue weighted by molar-refractivity contribution is 5.85. The van der Waals surface area contributed by atoms with E-state index in [1.54, 1.807) is 0 Å². The summed E-state index contributed by atoms with van der Waals surface area (Å²) < 4.78 is 12.6. The third-order valence-electron chi connectivity index (χ3n) is 7.78. The molecular weight excluding hydrogens is 350 g/mol. The standard InChI is InChI=1S/C24H33NO3/c1-14(2)16-11-10-15(3)13-20(16)27-24-22-19-9-6-12-25(19)18-8-5-4-7-17(18)21(22)23(26)28-24/h4-5,7-8,14-16,19-22,24H,6,9-13H2,1-3H3/t15-,16+,19+,20-,21+,22-,24-/m1/s1. The van der Waals surface area contributed by atoms with E-state index in [-0.39, 0.29) is 23.9 Å². The fraction of sp³-hybridized carbons (Fsp3) is 0.708. The Hall–Kier alpha value is -1.55. The molecule has 3 aliphatic heterocycles. The lowest BCUT2D eigenvalue weighted by atomic mass is 9.75. The van der Waals surface area contributed by atoms with Crippen LogP contribution in [0, 0.1) is 23.7 Å². The number of nitrogens with zero attached hydrogens (tertiary/aromatic N) is 1. The number of carbonyl (C=O) groups is 1. The van der Waals surface area contributed by atoms with E-state index in [2.05, 4.69) is 43.9 Å². The summed E-state index contributed by atoms with van der Waals surface area (Å²) in [6.45, 7) is 8.00. The molecule has 4 heteroatoms. The minimum absolute atomic E-state index is 0.0843. The maximum Gasteiger partial charge on any atom is 0.316 e. The molecule has 7 atom stereocenters. The molecule has 5 rings (SSSR count). The first-order valence-electron chi connectivity index (χ1n) is 11.3. The van der Waals surface area contributed by atoms with E-state index in [1.165, 1.54) is 24.9 Å². The van der Waals surface area contributed by atoms with Gasteiger partial charge in [-0.25, -0.2) is 0 Å². The van der Waals surface area contributed by atoms with E-state index >= 15 is 0 Å². The van der Waals surface area contributed by atoms with Gasteiger partial charge in [0.25, 0.3) is 0 Å². The predicted molar refractivity (Wildman–Crippen MR) is 109 cm³/mol. The normalized spacial score (nSPS) is 39.5. The molecule has 0 N–H and O–H groups in total. The summed E-state index contributed by atoms with van der Waals surface area (Å²) in [5, 5.41) is 0. The van der Waals surface area contributed by atoms with Gasteiger partial charge < -0.3 is 14.4 Å². The summed E-state index contributed by atoms with van der Waals surface area (Å²) in [5.74, 6) is 1.71. The molecule has 0 spiro atoms. The molecule has 152 valence electrons. The minimum atomic E-state index is -0.395. The van der Waals surface area contributed by atoms with Gasteiger partial charge in [-0.2, -0.15) is 0 Å². The number of carbonyl (C=O) groups excluding carboxylic acids is 1. The third kappa shape index (κ3) is 2.87. The van der Waals surface area contributed by atoms with Crippen LogP contribution in [0.3, 0.4) is 0 Å². The molecule has 0 unspecified atom stereocenters.